The van der Waals surface area contributed by atoms with Crippen LogP contribution >= 0.6 is 0 Å². The highest BCUT2D eigenvalue weighted by molar-refractivity contribution is 6.53. The van der Waals surface area contributed by atoms with Crippen molar-refractivity contribution in [2.24, 2.45) is 5.92 Å². The average molecular weight is 466 g/mol. The lowest BCUT2D eigenvalue weighted by molar-refractivity contribution is -0.140. The van der Waals surface area contributed by atoms with Gasteiger partial charge in [0.1, 0.15) is 12.3 Å². The number of carbonyl (C=O) groups is 4. The van der Waals surface area contributed by atoms with Gasteiger partial charge in [0.25, 0.3) is 0 Å². The molecule has 0 bridgehead atoms. The molecule has 3 rings (SSSR count). The van der Waals surface area contributed by atoms with Gasteiger partial charge in [0.05, 0.1) is 18.3 Å². The lowest BCUT2D eigenvalue weighted by Crippen LogP contribution is -2.43. The van der Waals surface area contributed by atoms with Gasteiger partial charge < -0.3 is 10.1 Å². The monoisotopic (exact) mass is 465 g/mol. The number of nitrogens with zero attached hydrogens (tertiary/aromatic N) is 2. The Kier molecular flexibility index (Phi) is 7.71. The molecule has 0 aromatic heterocycles. The first-order chi connectivity index (χ1) is 16.1. The first-order valence-electron chi connectivity index (χ1n) is 11.5. The van der Waals surface area contributed by atoms with Crippen molar-refractivity contribution in [2.45, 2.75) is 46.6 Å². The Balaban J connectivity index is 1.76. The molecule has 2 aromatic carbocycles. The number of para-hydroxylation sites is 2. The van der Waals surface area contributed by atoms with Crippen LogP contribution in [0.25, 0.3) is 0 Å². The summed E-state index contributed by atoms with van der Waals surface area (Å²) in [6.45, 7) is 9.71. The number of anilines is 1. The van der Waals surface area contributed by atoms with Gasteiger partial charge in [-0.25, -0.2) is 14.6 Å². The van der Waals surface area contributed by atoms with Crippen LogP contribution in [-0.2, 0) is 14.4 Å². The fourth-order valence-electron chi connectivity index (χ4n) is 3.86. The Labute approximate surface area is 199 Å². The van der Waals surface area contributed by atoms with Gasteiger partial charge in [0.2, 0.25) is 5.91 Å². The molecule has 1 heterocycles. The summed E-state index contributed by atoms with van der Waals surface area (Å²) in [7, 11) is 0. The van der Waals surface area contributed by atoms with Gasteiger partial charge in [0.15, 0.2) is 0 Å². The third-order valence-electron chi connectivity index (χ3n) is 5.71. The van der Waals surface area contributed by atoms with E-state index in [-0.39, 0.29) is 17.6 Å². The van der Waals surface area contributed by atoms with Crippen molar-refractivity contribution in [1.29, 1.82) is 0 Å². The standard InChI is InChI=1S/C26H31N3O5/c1-6-34-21-10-8-7-9-20(21)29-25(32)24(31)28(26(29)33)15-22(30)27-23(17(4)5)19-13-11-18(12-14-19)16(2)3/h7-14,16-17,23H,6,15H2,1-5H3,(H,27,30). The van der Waals surface area contributed by atoms with E-state index in [1.807, 2.05) is 38.1 Å². The van der Waals surface area contributed by atoms with Crippen LogP contribution in [0.4, 0.5) is 10.5 Å². The smallest absolute Gasteiger partial charge is 0.339 e. The molecule has 8 heteroatoms. The zero-order valence-electron chi connectivity index (χ0n) is 20.2. The molecule has 1 fully saturated rings. The summed E-state index contributed by atoms with van der Waals surface area (Å²) in [5.74, 6) is -1.84. The van der Waals surface area contributed by atoms with Crippen molar-refractivity contribution in [3.63, 3.8) is 0 Å². The SMILES string of the molecule is CCOc1ccccc1N1C(=O)C(=O)N(CC(=O)NC(c2ccc(C(C)C)cc2)C(C)C)C1=O. The summed E-state index contributed by atoms with van der Waals surface area (Å²) in [5, 5.41) is 2.91. The number of hydrogen-bond donors (Lipinski definition) is 1. The summed E-state index contributed by atoms with van der Waals surface area (Å²) in [6, 6.07) is 13.3. The third-order valence-corrected chi connectivity index (χ3v) is 5.71. The van der Waals surface area contributed by atoms with Crippen LogP contribution in [0.15, 0.2) is 48.5 Å². The minimum atomic E-state index is -1.05. The molecule has 1 saturated heterocycles. The number of ether oxygens (including phenoxy) is 1. The Morgan fingerprint density at radius 3 is 2.12 bits per heavy atom. The van der Waals surface area contributed by atoms with Crippen LogP contribution in [0, 0.1) is 5.92 Å². The summed E-state index contributed by atoms with van der Waals surface area (Å²) in [6.07, 6.45) is 0. The molecular formula is C26H31N3O5. The summed E-state index contributed by atoms with van der Waals surface area (Å²) < 4.78 is 5.49. The molecular weight excluding hydrogens is 434 g/mol. The number of imide groups is 2. The molecule has 34 heavy (non-hydrogen) atoms. The van der Waals surface area contributed by atoms with Gasteiger partial charge in [-0.15, -0.1) is 0 Å². The van der Waals surface area contributed by atoms with Gasteiger partial charge in [-0.3, -0.25) is 14.4 Å². The second-order valence-electron chi connectivity index (χ2n) is 8.83. The third kappa shape index (κ3) is 5.11. The number of benzene rings is 2. The van der Waals surface area contributed by atoms with E-state index in [2.05, 4.69) is 19.2 Å². The van der Waals surface area contributed by atoms with Gasteiger partial charge in [-0.1, -0.05) is 64.1 Å². The zero-order valence-corrected chi connectivity index (χ0v) is 20.2. The first kappa shape index (κ1) is 25.0. The molecule has 180 valence electrons. The van der Waals surface area contributed by atoms with E-state index in [0.717, 1.165) is 10.5 Å². The number of rotatable bonds is 9. The van der Waals surface area contributed by atoms with Gasteiger partial charge in [-0.2, -0.15) is 0 Å². The molecule has 0 radical (unpaired) electrons. The predicted octanol–water partition coefficient (Wildman–Crippen LogP) is 4.02. The molecule has 2 aromatic rings. The Morgan fingerprint density at radius 1 is 0.912 bits per heavy atom. The molecule has 1 aliphatic rings. The van der Waals surface area contributed by atoms with Gasteiger partial charge >= 0.3 is 17.8 Å². The molecule has 1 N–H and O–H groups in total. The maximum Gasteiger partial charge on any atom is 0.339 e. The number of urea groups is 1. The minimum absolute atomic E-state index is 0.0648. The minimum Gasteiger partial charge on any atom is -0.492 e. The Bertz CT molecular complexity index is 1080. The predicted molar refractivity (Wildman–Crippen MR) is 128 cm³/mol. The van der Waals surface area contributed by atoms with Crippen LogP contribution in [0.5, 0.6) is 5.75 Å². The maximum absolute atomic E-state index is 13.0. The normalized spacial score (nSPS) is 14.9. The number of hydrogen-bond acceptors (Lipinski definition) is 5. The van der Waals surface area contributed by atoms with E-state index in [4.69, 9.17) is 4.74 Å². The van der Waals surface area contributed by atoms with Crippen molar-refractivity contribution in [2.75, 3.05) is 18.1 Å². The van der Waals surface area contributed by atoms with Crippen molar-refractivity contribution < 1.29 is 23.9 Å². The van der Waals surface area contributed by atoms with E-state index in [1.165, 1.54) is 11.6 Å². The Hall–Kier alpha value is -3.68. The van der Waals surface area contributed by atoms with Gasteiger partial charge in [-0.05, 0) is 42.0 Å². The second-order valence-corrected chi connectivity index (χ2v) is 8.83. The zero-order chi connectivity index (χ0) is 25.0. The molecule has 5 amide bonds. The molecule has 0 saturated carbocycles. The second kappa shape index (κ2) is 10.5. The summed E-state index contributed by atoms with van der Waals surface area (Å²) in [4.78, 5) is 52.5. The molecule has 1 unspecified atom stereocenters. The van der Waals surface area contributed by atoms with Crippen LogP contribution in [0.1, 0.15) is 57.7 Å². The fourth-order valence-corrected chi connectivity index (χ4v) is 3.86. The van der Waals surface area contributed by atoms with Crippen molar-refractivity contribution in [1.82, 2.24) is 10.2 Å². The van der Waals surface area contributed by atoms with E-state index < -0.39 is 30.3 Å². The van der Waals surface area contributed by atoms with Crippen molar-refractivity contribution in [3.8, 4) is 5.75 Å². The summed E-state index contributed by atoms with van der Waals surface area (Å²) >= 11 is 0. The maximum atomic E-state index is 13.0. The lowest BCUT2D eigenvalue weighted by atomic mass is 9.93. The molecule has 0 aliphatic carbocycles. The highest BCUT2D eigenvalue weighted by Crippen LogP contribution is 2.32. The largest absolute Gasteiger partial charge is 0.492 e. The van der Waals surface area contributed by atoms with Gasteiger partial charge in [0, 0.05) is 0 Å². The van der Waals surface area contributed by atoms with Crippen LogP contribution < -0.4 is 15.0 Å². The number of carbonyl (C=O) groups excluding carboxylic acids is 4. The lowest BCUT2D eigenvalue weighted by Gasteiger charge is -2.24. The highest BCUT2D eigenvalue weighted by atomic mass is 16.5. The van der Waals surface area contributed by atoms with Crippen molar-refractivity contribution >= 4 is 29.4 Å². The van der Waals surface area contributed by atoms with E-state index in [1.54, 1.807) is 25.1 Å². The molecule has 1 aliphatic heterocycles. The van der Waals surface area contributed by atoms with Crippen LogP contribution in [-0.4, -0.2) is 41.8 Å². The average Bonchev–Trinajstić information content (AvgIpc) is 3.01. The molecule has 1 atom stereocenters. The summed E-state index contributed by atoms with van der Waals surface area (Å²) in [5.41, 5.74) is 2.29. The van der Waals surface area contributed by atoms with E-state index in [9.17, 15) is 19.2 Å². The molecule has 8 nitrogen and oxygen atoms in total. The van der Waals surface area contributed by atoms with E-state index >= 15 is 0 Å². The first-order valence-corrected chi connectivity index (χ1v) is 11.5. The van der Waals surface area contributed by atoms with Crippen LogP contribution in [0.2, 0.25) is 0 Å². The molecule has 0 spiro atoms. The quantitative estimate of drug-likeness (QED) is 0.446. The highest BCUT2D eigenvalue weighted by Gasteiger charge is 2.47. The van der Waals surface area contributed by atoms with Crippen LogP contribution in [0.3, 0.4) is 0 Å². The fraction of sp³-hybridized carbons (Fsp3) is 0.385. The number of nitrogens with one attached hydrogen (secondary N) is 1. The van der Waals surface area contributed by atoms with E-state index in [0.29, 0.717) is 23.2 Å². The number of amides is 5. The topological polar surface area (TPSA) is 96.0 Å². The Morgan fingerprint density at radius 2 is 1.53 bits per heavy atom. The van der Waals surface area contributed by atoms with Crippen molar-refractivity contribution in [3.05, 3.63) is 59.7 Å².